The fourth-order valence-electron chi connectivity index (χ4n) is 2.46. The van der Waals surface area contributed by atoms with E-state index in [4.69, 9.17) is 9.47 Å². The molecule has 0 saturated heterocycles. The molecule has 0 aromatic heterocycles. The fourth-order valence-corrected chi connectivity index (χ4v) is 2.46. The van der Waals surface area contributed by atoms with Gasteiger partial charge in [-0.15, -0.1) is 0 Å². The summed E-state index contributed by atoms with van der Waals surface area (Å²) in [5, 5.41) is 3.56. The fraction of sp³-hybridized carbons (Fsp3) is 1.00. The zero-order chi connectivity index (χ0) is 12.4. The molecule has 1 aliphatic carbocycles. The van der Waals surface area contributed by atoms with E-state index < -0.39 is 0 Å². The highest BCUT2D eigenvalue weighted by molar-refractivity contribution is 5.17. The number of hydrogen-bond acceptors (Lipinski definition) is 3. The average Bonchev–Trinajstić information content (AvgIpc) is 2.55. The average molecular weight is 229 g/mol. The van der Waals surface area contributed by atoms with E-state index in [1.165, 1.54) is 0 Å². The standard InChI is InChI=1S/C13H27NO2/c1-7-15-10(16-8-2)9-14-11-12(3,4)13(11,5)6/h10-11,14H,7-9H2,1-6H3. The van der Waals surface area contributed by atoms with Gasteiger partial charge in [-0.05, 0) is 24.7 Å². The van der Waals surface area contributed by atoms with Crippen LogP contribution in [0.25, 0.3) is 0 Å². The first kappa shape index (κ1) is 13.9. The molecule has 1 rings (SSSR count). The molecule has 0 aromatic rings. The van der Waals surface area contributed by atoms with Gasteiger partial charge in [0.2, 0.25) is 0 Å². The van der Waals surface area contributed by atoms with Crippen molar-refractivity contribution in [1.82, 2.24) is 5.32 Å². The van der Waals surface area contributed by atoms with Crippen LogP contribution in [0.2, 0.25) is 0 Å². The lowest BCUT2D eigenvalue weighted by Crippen LogP contribution is -2.35. The molecule has 0 aromatic carbocycles. The van der Waals surface area contributed by atoms with Gasteiger partial charge in [0, 0.05) is 25.8 Å². The maximum absolute atomic E-state index is 5.51. The normalized spacial score (nSPS) is 22.7. The Hall–Kier alpha value is -0.120. The summed E-state index contributed by atoms with van der Waals surface area (Å²) in [5.41, 5.74) is 0.742. The van der Waals surface area contributed by atoms with E-state index in [0.717, 1.165) is 6.54 Å². The molecule has 0 radical (unpaired) electrons. The van der Waals surface area contributed by atoms with E-state index in [-0.39, 0.29) is 6.29 Å². The molecule has 1 aliphatic rings. The summed E-state index contributed by atoms with van der Waals surface area (Å²) in [7, 11) is 0. The first-order valence-electron chi connectivity index (χ1n) is 6.34. The Morgan fingerprint density at radius 3 is 1.75 bits per heavy atom. The Morgan fingerprint density at radius 2 is 1.44 bits per heavy atom. The van der Waals surface area contributed by atoms with Crippen LogP contribution in [0.4, 0.5) is 0 Å². The van der Waals surface area contributed by atoms with Crippen molar-refractivity contribution >= 4 is 0 Å². The molecule has 0 unspecified atom stereocenters. The monoisotopic (exact) mass is 229 g/mol. The van der Waals surface area contributed by atoms with Gasteiger partial charge < -0.3 is 14.8 Å². The van der Waals surface area contributed by atoms with Crippen molar-refractivity contribution < 1.29 is 9.47 Å². The molecule has 1 N–H and O–H groups in total. The van der Waals surface area contributed by atoms with Crippen molar-refractivity contribution in [3.63, 3.8) is 0 Å². The molecule has 0 bridgehead atoms. The molecule has 96 valence electrons. The summed E-state index contributed by atoms with van der Waals surface area (Å²) < 4.78 is 11.0. The third-order valence-corrected chi connectivity index (χ3v) is 4.21. The highest BCUT2D eigenvalue weighted by atomic mass is 16.7. The summed E-state index contributed by atoms with van der Waals surface area (Å²) >= 11 is 0. The Kier molecular flexibility index (Phi) is 4.38. The molecule has 16 heavy (non-hydrogen) atoms. The lowest BCUT2D eigenvalue weighted by molar-refractivity contribution is -0.133. The van der Waals surface area contributed by atoms with Crippen LogP contribution < -0.4 is 5.32 Å². The van der Waals surface area contributed by atoms with Gasteiger partial charge in [-0.2, -0.15) is 0 Å². The first-order chi connectivity index (χ1) is 7.37. The van der Waals surface area contributed by atoms with Crippen LogP contribution in [0.1, 0.15) is 41.5 Å². The van der Waals surface area contributed by atoms with Crippen molar-refractivity contribution in [3.8, 4) is 0 Å². The zero-order valence-corrected chi connectivity index (χ0v) is 11.6. The lowest BCUT2D eigenvalue weighted by atomic mass is 10.0. The Morgan fingerprint density at radius 1 is 1.00 bits per heavy atom. The number of nitrogens with one attached hydrogen (secondary N) is 1. The molecule has 1 fully saturated rings. The molecule has 0 atom stereocenters. The predicted molar refractivity (Wildman–Crippen MR) is 66.4 cm³/mol. The van der Waals surface area contributed by atoms with Gasteiger partial charge >= 0.3 is 0 Å². The topological polar surface area (TPSA) is 30.5 Å². The summed E-state index contributed by atoms with van der Waals surface area (Å²) in [6.45, 7) is 15.4. The Bertz CT molecular complexity index is 206. The minimum atomic E-state index is -0.109. The summed E-state index contributed by atoms with van der Waals surface area (Å²) in [5.74, 6) is 0. The molecule has 0 spiro atoms. The van der Waals surface area contributed by atoms with Gasteiger partial charge in [-0.1, -0.05) is 27.7 Å². The Balaban J connectivity index is 2.34. The van der Waals surface area contributed by atoms with E-state index in [1.807, 2.05) is 13.8 Å². The maximum Gasteiger partial charge on any atom is 0.169 e. The molecule has 0 heterocycles. The largest absolute Gasteiger partial charge is 0.352 e. The highest BCUT2D eigenvalue weighted by Gasteiger charge is 2.64. The molecule has 3 nitrogen and oxygen atoms in total. The third kappa shape index (κ3) is 2.58. The second kappa shape index (κ2) is 5.03. The molecular weight excluding hydrogens is 202 g/mol. The van der Waals surface area contributed by atoms with Gasteiger partial charge in [-0.3, -0.25) is 0 Å². The van der Waals surface area contributed by atoms with E-state index in [9.17, 15) is 0 Å². The predicted octanol–water partition coefficient (Wildman–Crippen LogP) is 2.41. The lowest BCUT2D eigenvalue weighted by Gasteiger charge is -2.18. The van der Waals surface area contributed by atoms with Crippen LogP contribution in [0, 0.1) is 10.8 Å². The summed E-state index contributed by atoms with van der Waals surface area (Å²) in [4.78, 5) is 0. The minimum Gasteiger partial charge on any atom is -0.352 e. The number of rotatable bonds is 7. The summed E-state index contributed by atoms with van der Waals surface area (Å²) in [6.07, 6.45) is -0.109. The van der Waals surface area contributed by atoms with Crippen molar-refractivity contribution in [2.45, 2.75) is 53.9 Å². The van der Waals surface area contributed by atoms with Crippen molar-refractivity contribution in [2.24, 2.45) is 10.8 Å². The van der Waals surface area contributed by atoms with Gasteiger partial charge in [0.25, 0.3) is 0 Å². The van der Waals surface area contributed by atoms with Crippen LogP contribution in [-0.2, 0) is 9.47 Å². The highest BCUT2D eigenvalue weighted by Crippen LogP contribution is 2.62. The SMILES string of the molecule is CCOC(CNC1C(C)(C)C1(C)C)OCC. The second-order valence-corrected chi connectivity index (χ2v) is 5.62. The van der Waals surface area contributed by atoms with Crippen molar-refractivity contribution in [2.75, 3.05) is 19.8 Å². The zero-order valence-electron chi connectivity index (χ0n) is 11.6. The van der Waals surface area contributed by atoms with Crippen molar-refractivity contribution in [3.05, 3.63) is 0 Å². The van der Waals surface area contributed by atoms with E-state index >= 15 is 0 Å². The Labute approximate surface area is 99.9 Å². The van der Waals surface area contributed by atoms with Crippen LogP contribution >= 0.6 is 0 Å². The molecule has 3 heteroatoms. The molecule has 0 aliphatic heterocycles. The second-order valence-electron chi connectivity index (χ2n) is 5.62. The molecular formula is C13H27NO2. The molecule has 0 amide bonds. The minimum absolute atomic E-state index is 0.109. The quantitative estimate of drug-likeness (QED) is 0.680. The van der Waals surface area contributed by atoms with Crippen LogP contribution in [0.5, 0.6) is 0 Å². The van der Waals surface area contributed by atoms with Crippen molar-refractivity contribution in [1.29, 1.82) is 0 Å². The smallest absolute Gasteiger partial charge is 0.169 e. The van der Waals surface area contributed by atoms with E-state index in [1.54, 1.807) is 0 Å². The van der Waals surface area contributed by atoms with E-state index in [2.05, 4.69) is 33.0 Å². The summed E-state index contributed by atoms with van der Waals surface area (Å²) in [6, 6.07) is 0.559. The number of ether oxygens (including phenoxy) is 2. The van der Waals surface area contributed by atoms with Gasteiger partial charge in [0.05, 0.1) is 0 Å². The molecule has 1 saturated carbocycles. The van der Waals surface area contributed by atoms with Crippen LogP contribution in [0.3, 0.4) is 0 Å². The van der Waals surface area contributed by atoms with Gasteiger partial charge in [0.1, 0.15) is 0 Å². The van der Waals surface area contributed by atoms with E-state index in [0.29, 0.717) is 30.1 Å². The third-order valence-electron chi connectivity index (χ3n) is 4.21. The van der Waals surface area contributed by atoms with Gasteiger partial charge in [-0.25, -0.2) is 0 Å². The first-order valence-corrected chi connectivity index (χ1v) is 6.34. The van der Waals surface area contributed by atoms with Crippen LogP contribution in [-0.4, -0.2) is 32.1 Å². The van der Waals surface area contributed by atoms with Crippen LogP contribution in [0.15, 0.2) is 0 Å². The maximum atomic E-state index is 5.51. The van der Waals surface area contributed by atoms with Gasteiger partial charge in [0.15, 0.2) is 6.29 Å². The number of hydrogen-bond donors (Lipinski definition) is 1.